The predicted octanol–water partition coefficient (Wildman–Crippen LogP) is 2.83. The van der Waals surface area contributed by atoms with Crippen LogP contribution in [-0.4, -0.2) is 65.5 Å². The van der Waals surface area contributed by atoms with Gasteiger partial charge in [0.05, 0.1) is 53.7 Å². The smallest absolute Gasteiger partial charge is 0.255 e. The Morgan fingerprint density at radius 2 is 2.03 bits per heavy atom. The maximum absolute atomic E-state index is 14.2. The molecule has 192 valence electrons. The molecule has 0 radical (unpaired) electrons. The van der Waals surface area contributed by atoms with E-state index in [-0.39, 0.29) is 5.56 Å². The third-order valence-electron chi connectivity index (χ3n) is 5.53. The second-order valence-electron chi connectivity index (χ2n) is 8.88. The van der Waals surface area contributed by atoms with Crippen LogP contribution >= 0.6 is 0 Å². The molecule has 1 amide bonds. The normalized spacial score (nSPS) is 12.3. The zero-order valence-electron chi connectivity index (χ0n) is 20.2. The summed E-state index contributed by atoms with van der Waals surface area (Å²) in [4.78, 5) is 21.6. The number of hydrogen-bond donors (Lipinski definition) is 3. The number of aromatic nitrogens is 6. The van der Waals surface area contributed by atoms with E-state index < -0.39 is 30.9 Å². The number of halogens is 2. The Balaban J connectivity index is 1.68. The topological polar surface area (TPSA) is 147 Å². The molecule has 1 unspecified atom stereocenters. The highest BCUT2D eigenvalue weighted by atomic mass is 19.1. The van der Waals surface area contributed by atoms with Crippen LogP contribution < -0.4 is 10.6 Å². The van der Waals surface area contributed by atoms with Gasteiger partial charge in [-0.25, -0.2) is 14.4 Å². The highest BCUT2D eigenvalue weighted by Gasteiger charge is 2.27. The van der Waals surface area contributed by atoms with Gasteiger partial charge in [-0.1, -0.05) is 0 Å². The van der Waals surface area contributed by atoms with E-state index in [0.717, 1.165) is 0 Å². The third kappa shape index (κ3) is 5.87. The summed E-state index contributed by atoms with van der Waals surface area (Å²) in [5.41, 5.74) is 0.190. The lowest BCUT2D eigenvalue weighted by atomic mass is 10.0. The molecule has 0 spiro atoms. The van der Waals surface area contributed by atoms with Crippen molar-refractivity contribution in [1.29, 1.82) is 5.26 Å². The van der Waals surface area contributed by atoms with E-state index in [2.05, 4.69) is 30.8 Å². The summed E-state index contributed by atoms with van der Waals surface area (Å²) in [6, 6.07) is 5.25. The van der Waals surface area contributed by atoms with Crippen molar-refractivity contribution in [2.45, 2.75) is 38.6 Å². The summed E-state index contributed by atoms with van der Waals surface area (Å²) >= 11 is 0. The molecule has 0 saturated heterocycles. The van der Waals surface area contributed by atoms with Crippen molar-refractivity contribution in [3.05, 3.63) is 54.2 Å². The Morgan fingerprint density at radius 3 is 2.76 bits per heavy atom. The average molecular weight is 510 g/mol. The number of hydrogen-bond acceptors (Lipinski definition) is 8. The molecule has 4 aromatic heterocycles. The molecule has 0 saturated carbocycles. The number of rotatable bonds is 10. The number of carbonyl (C=O) groups excluding carboxylic acids is 1. The molecule has 4 rings (SSSR count). The van der Waals surface area contributed by atoms with Crippen molar-refractivity contribution in [2.24, 2.45) is 0 Å². The number of aliphatic hydroxyl groups is 1. The SMILES string of the molecule is CC(C)(O)C(F)CNC(=O)c1cnc(-n2ncc3cc(C#N)cnc32)cc1Nc1cnn(CCCF)c1. The zero-order valence-corrected chi connectivity index (χ0v) is 20.2. The van der Waals surface area contributed by atoms with Gasteiger partial charge in [0.2, 0.25) is 0 Å². The Kier molecular flexibility index (Phi) is 7.40. The van der Waals surface area contributed by atoms with Gasteiger partial charge >= 0.3 is 0 Å². The van der Waals surface area contributed by atoms with Crippen LogP contribution in [0.3, 0.4) is 0 Å². The van der Waals surface area contributed by atoms with Crippen LogP contribution in [0.1, 0.15) is 36.2 Å². The Morgan fingerprint density at radius 1 is 1.22 bits per heavy atom. The number of aryl methyl sites for hydroxylation is 1. The van der Waals surface area contributed by atoms with Crippen LogP contribution in [0.25, 0.3) is 16.9 Å². The van der Waals surface area contributed by atoms with E-state index in [4.69, 9.17) is 5.26 Å². The maximum atomic E-state index is 14.2. The van der Waals surface area contributed by atoms with Crippen molar-refractivity contribution in [2.75, 3.05) is 18.5 Å². The number of fused-ring (bicyclic) bond motifs is 1. The molecule has 0 bridgehead atoms. The highest BCUT2D eigenvalue weighted by molar-refractivity contribution is 6.00. The van der Waals surface area contributed by atoms with Crippen LogP contribution in [-0.2, 0) is 6.54 Å². The highest BCUT2D eigenvalue weighted by Crippen LogP contribution is 2.25. The fraction of sp³-hybridized carbons (Fsp3) is 0.333. The van der Waals surface area contributed by atoms with Gasteiger partial charge in [-0.2, -0.15) is 20.1 Å². The van der Waals surface area contributed by atoms with Crippen LogP contribution in [0.5, 0.6) is 0 Å². The predicted molar refractivity (Wildman–Crippen MR) is 131 cm³/mol. The van der Waals surface area contributed by atoms with Crippen LogP contribution in [0.15, 0.2) is 43.1 Å². The summed E-state index contributed by atoms with van der Waals surface area (Å²) in [5, 5.41) is 33.7. The molecule has 3 N–H and O–H groups in total. The molecule has 4 heterocycles. The summed E-state index contributed by atoms with van der Waals surface area (Å²) in [6.45, 7) is 2.14. The van der Waals surface area contributed by atoms with Crippen LogP contribution in [0, 0.1) is 11.3 Å². The Hall–Kier alpha value is -4.44. The largest absolute Gasteiger partial charge is 0.387 e. The number of nitrogens with one attached hydrogen (secondary N) is 2. The minimum Gasteiger partial charge on any atom is -0.387 e. The van der Waals surface area contributed by atoms with Gasteiger partial charge < -0.3 is 15.7 Å². The minimum atomic E-state index is -1.69. The lowest BCUT2D eigenvalue weighted by Crippen LogP contribution is -2.42. The minimum absolute atomic E-state index is 0.111. The molecule has 0 aliphatic carbocycles. The molecule has 0 aromatic carbocycles. The number of carbonyl (C=O) groups is 1. The Bertz CT molecular complexity index is 1450. The number of alkyl halides is 2. The van der Waals surface area contributed by atoms with E-state index in [1.54, 1.807) is 29.2 Å². The standard InChI is InChI=1S/C24H25F2N9O2/c1-24(2,37)20(26)13-30-23(36)18-12-28-21(35-22-16(10-32-35)6-15(8-27)9-29-22)7-19(18)33-17-11-31-34(14-17)5-3-4-25/h6-7,9-12,14,20,37H,3-5,13H2,1-2H3,(H,28,33)(H,30,36). The molecule has 37 heavy (non-hydrogen) atoms. The number of amides is 1. The van der Waals surface area contributed by atoms with Crippen molar-refractivity contribution < 1.29 is 18.7 Å². The van der Waals surface area contributed by atoms with Crippen LogP contribution in [0.4, 0.5) is 20.2 Å². The van der Waals surface area contributed by atoms with E-state index >= 15 is 0 Å². The summed E-state index contributed by atoms with van der Waals surface area (Å²) in [6.07, 6.45) is 6.10. The van der Waals surface area contributed by atoms with Crippen molar-refractivity contribution in [3.8, 4) is 11.9 Å². The first-order chi connectivity index (χ1) is 17.7. The van der Waals surface area contributed by atoms with Gasteiger partial charge in [-0.15, -0.1) is 0 Å². The van der Waals surface area contributed by atoms with Crippen molar-refractivity contribution in [3.63, 3.8) is 0 Å². The van der Waals surface area contributed by atoms with Crippen molar-refractivity contribution in [1.82, 2.24) is 34.8 Å². The molecule has 13 heteroatoms. The summed E-state index contributed by atoms with van der Waals surface area (Å²) in [5.74, 6) is -0.281. The molecule has 4 aromatic rings. The second-order valence-corrected chi connectivity index (χ2v) is 8.88. The van der Waals surface area contributed by atoms with E-state index in [0.29, 0.717) is 46.8 Å². The van der Waals surface area contributed by atoms with E-state index in [1.807, 2.05) is 6.07 Å². The first-order valence-electron chi connectivity index (χ1n) is 11.4. The fourth-order valence-electron chi connectivity index (χ4n) is 3.45. The number of pyridine rings is 2. The first-order valence-corrected chi connectivity index (χ1v) is 11.4. The quantitative estimate of drug-likeness (QED) is 0.296. The van der Waals surface area contributed by atoms with Gasteiger partial charge in [-0.3, -0.25) is 13.9 Å². The molecule has 0 aliphatic rings. The van der Waals surface area contributed by atoms with Gasteiger partial charge in [0.15, 0.2) is 11.5 Å². The lowest BCUT2D eigenvalue weighted by molar-refractivity contribution is -0.00177. The van der Waals surface area contributed by atoms with Gasteiger partial charge in [0.25, 0.3) is 5.91 Å². The Labute approximate surface area is 210 Å². The zero-order chi connectivity index (χ0) is 26.6. The van der Waals surface area contributed by atoms with E-state index in [9.17, 15) is 18.7 Å². The average Bonchev–Trinajstić information content (AvgIpc) is 3.51. The number of anilines is 2. The fourth-order valence-corrected chi connectivity index (χ4v) is 3.45. The number of nitrogens with zero attached hydrogens (tertiary/aromatic N) is 7. The van der Waals surface area contributed by atoms with E-state index in [1.165, 1.54) is 37.1 Å². The third-order valence-corrected chi connectivity index (χ3v) is 5.53. The molecule has 0 fully saturated rings. The summed E-state index contributed by atoms with van der Waals surface area (Å²) in [7, 11) is 0. The number of nitriles is 1. The molecular weight excluding hydrogens is 484 g/mol. The lowest BCUT2D eigenvalue weighted by Gasteiger charge is -2.22. The van der Waals surface area contributed by atoms with Crippen molar-refractivity contribution >= 4 is 28.3 Å². The summed E-state index contributed by atoms with van der Waals surface area (Å²) < 4.78 is 29.8. The van der Waals surface area contributed by atoms with Crippen LogP contribution in [0.2, 0.25) is 0 Å². The maximum Gasteiger partial charge on any atom is 0.255 e. The van der Waals surface area contributed by atoms with Gasteiger partial charge in [0, 0.05) is 36.6 Å². The molecule has 1 atom stereocenters. The molecule has 0 aliphatic heterocycles. The molecular formula is C24H25F2N9O2. The van der Waals surface area contributed by atoms with Gasteiger partial charge in [0.1, 0.15) is 12.2 Å². The first kappa shape index (κ1) is 25.6. The second kappa shape index (κ2) is 10.7. The van der Waals surface area contributed by atoms with Gasteiger partial charge in [-0.05, 0) is 26.3 Å². The monoisotopic (exact) mass is 509 g/mol. The molecule has 11 nitrogen and oxygen atoms in total.